The molecule has 0 amide bonds. The highest BCUT2D eigenvalue weighted by Gasteiger charge is 2.27. The monoisotopic (exact) mass is 252 g/mol. The Morgan fingerprint density at radius 2 is 2.00 bits per heavy atom. The lowest BCUT2D eigenvalue weighted by Crippen LogP contribution is -2.23. The number of aryl methyl sites for hydroxylation is 1. The molecule has 1 aliphatic rings. The first kappa shape index (κ1) is 12.4. The van der Waals surface area contributed by atoms with Crippen molar-refractivity contribution < 1.29 is 0 Å². The Morgan fingerprint density at radius 3 is 2.79 bits per heavy atom. The predicted octanol–water partition coefficient (Wildman–Crippen LogP) is 3.73. The van der Waals surface area contributed by atoms with Crippen LogP contribution in [0, 0.1) is 6.92 Å². The summed E-state index contributed by atoms with van der Waals surface area (Å²) in [5.74, 6) is 0. The molecule has 1 fully saturated rings. The Kier molecular flexibility index (Phi) is 3.60. The topological polar surface area (TPSA) is 16.1 Å². The molecule has 1 aliphatic heterocycles. The second kappa shape index (κ2) is 5.54. The van der Waals surface area contributed by atoms with Crippen LogP contribution < -0.4 is 0 Å². The third-order valence-electron chi connectivity index (χ3n) is 4.00. The lowest BCUT2D eigenvalue weighted by atomic mass is 10.0. The van der Waals surface area contributed by atoms with Crippen molar-refractivity contribution in [3.63, 3.8) is 0 Å². The average Bonchev–Trinajstić information content (AvgIpc) is 2.88. The Balaban J connectivity index is 1.81. The lowest BCUT2D eigenvalue weighted by Gasteiger charge is -2.25. The summed E-state index contributed by atoms with van der Waals surface area (Å²) in [6.07, 6.45) is 4.42. The van der Waals surface area contributed by atoms with Gasteiger partial charge in [0.15, 0.2) is 0 Å². The van der Waals surface area contributed by atoms with Crippen molar-refractivity contribution in [1.29, 1.82) is 0 Å². The van der Waals surface area contributed by atoms with E-state index in [0.717, 1.165) is 6.54 Å². The highest BCUT2D eigenvalue weighted by Crippen LogP contribution is 2.34. The number of hydrogen-bond acceptors (Lipinski definition) is 2. The summed E-state index contributed by atoms with van der Waals surface area (Å²) in [6.45, 7) is 4.35. The van der Waals surface area contributed by atoms with Crippen molar-refractivity contribution in [2.75, 3.05) is 6.54 Å². The van der Waals surface area contributed by atoms with Gasteiger partial charge in [0.1, 0.15) is 0 Å². The van der Waals surface area contributed by atoms with Gasteiger partial charge in [0, 0.05) is 24.5 Å². The summed E-state index contributed by atoms with van der Waals surface area (Å²) in [7, 11) is 0. The molecule has 0 saturated carbocycles. The normalized spacial score (nSPS) is 19.7. The highest BCUT2D eigenvalue weighted by molar-refractivity contribution is 5.24. The van der Waals surface area contributed by atoms with Crippen molar-refractivity contribution in [3.05, 3.63) is 65.5 Å². The van der Waals surface area contributed by atoms with E-state index < -0.39 is 0 Å². The minimum atomic E-state index is 0.536. The van der Waals surface area contributed by atoms with Crippen LogP contribution >= 0.6 is 0 Å². The molecule has 2 heterocycles. The number of rotatable bonds is 3. The molecule has 0 aliphatic carbocycles. The Bertz CT molecular complexity index is 536. The van der Waals surface area contributed by atoms with E-state index in [2.05, 4.69) is 59.3 Å². The van der Waals surface area contributed by atoms with Crippen LogP contribution in [-0.2, 0) is 6.54 Å². The van der Waals surface area contributed by atoms with E-state index in [1.165, 1.54) is 36.2 Å². The first-order valence-electron chi connectivity index (χ1n) is 7.04. The maximum Gasteiger partial charge on any atom is 0.0420 e. The smallest absolute Gasteiger partial charge is 0.0420 e. The maximum absolute atomic E-state index is 4.44. The van der Waals surface area contributed by atoms with Crippen LogP contribution in [0.25, 0.3) is 0 Å². The highest BCUT2D eigenvalue weighted by atomic mass is 15.2. The van der Waals surface area contributed by atoms with Gasteiger partial charge >= 0.3 is 0 Å². The largest absolute Gasteiger partial charge is 0.292 e. The van der Waals surface area contributed by atoms with E-state index in [9.17, 15) is 0 Å². The van der Waals surface area contributed by atoms with Crippen LogP contribution in [0.1, 0.15) is 35.7 Å². The predicted molar refractivity (Wildman–Crippen MR) is 77.8 cm³/mol. The molecule has 0 N–H and O–H groups in total. The summed E-state index contributed by atoms with van der Waals surface area (Å²) < 4.78 is 0. The van der Waals surface area contributed by atoms with Crippen LogP contribution in [0.2, 0.25) is 0 Å². The van der Waals surface area contributed by atoms with Crippen LogP contribution in [0.3, 0.4) is 0 Å². The molecule has 98 valence electrons. The summed E-state index contributed by atoms with van der Waals surface area (Å²) in [4.78, 5) is 7.02. The summed E-state index contributed by atoms with van der Waals surface area (Å²) in [5, 5.41) is 0. The molecule has 1 atom stereocenters. The van der Waals surface area contributed by atoms with E-state index in [-0.39, 0.29) is 0 Å². The summed E-state index contributed by atoms with van der Waals surface area (Å²) in [5.41, 5.74) is 3.97. The van der Waals surface area contributed by atoms with Gasteiger partial charge < -0.3 is 0 Å². The standard InChI is InChI=1S/C17H20N2/c1-14-16(9-5-11-18-14)17-10-6-12-19(17)13-15-7-3-2-4-8-15/h2-5,7-9,11,17H,6,10,12-13H2,1H3/t17-/m0/s1. The van der Waals surface area contributed by atoms with Crippen molar-refractivity contribution in [1.82, 2.24) is 9.88 Å². The number of nitrogens with zero attached hydrogens (tertiary/aromatic N) is 2. The second-order valence-corrected chi connectivity index (χ2v) is 5.29. The zero-order valence-electron chi connectivity index (χ0n) is 11.4. The van der Waals surface area contributed by atoms with Crippen molar-refractivity contribution >= 4 is 0 Å². The number of pyridine rings is 1. The summed E-state index contributed by atoms with van der Waals surface area (Å²) >= 11 is 0. The molecule has 2 nitrogen and oxygen atoms in total. The van der Waals surface area contributed by atoms with Gasteiger partial charge in [0.2, 0.25) is 0 Å². The summed E-state index contributed by atoms with van der Waals surface area (Å²) in [6, 6.07) is 15.6. The zero-order valence-corrected chi connectivity index (χ0v) is 11.4. The van der Waals surface area contributed by atoms with E-state index in [4.69, 9.17) is 0 Å². The fourth-order valence-electron chi connectivity index (χ4n) is 3.03. The third-order valence-corrected chi connectivity index (χ3v) is 4.00. The average molecular weight is 252 g/mol. The Labute approximate surface area is 115 Å². The minimum absolute atomic E-state index is 0.536. The van der Waals surface area contributed by atoms with Crippen LogP contribution in [0.5, 0.6) is 0 Å². The number of hydrogen-bond donors (Lipinski definition) is 0. The number of benzene rings is 1. The van der Waals surface area contributed by atoms with Gasteiger partial charge in [0.05, 0.1) is 0 Å². The van der Waals surface area contributed by atoms with Crippen LogP contribution in [-0.4, -0.2) is 16.4 Å². The molecule has 3 rings (SSSR count). The van der Waals surface area contributed by atoms with Crippen molar-refractivity contribution in [3.8, 4) is 0 Å². The molecule has 1 aromatic heterocycles. The van der Waals surface area contributed by atoms with Gasteiger partial charge in [-0.2, -0.15) is 0 Å². The van der Waals surface area contributed by atoms with Crippen molar-refractivity contribution in [2.45, 2.75) is 32.4 Å². The number of aromatic nitrogens is 1. The fraction of sp³-hybridized carbons (Fsp3) is 0.353. The zero-order chi connectivity index (χ0) is 13.1. The number of likely N-dealkylation sites (tertiary alicyclic amines) is 1. The van der Waals surface area contributed by atoms with Gasteiger partial charge in [-0.05, 0) is 43.5 Å². The van der Waals surface area contributed by atoms with Crippen LogP contribution in [0.15, 0.2) is 48.7 Å². The molecule has 1 saturated heterocycles. The van der Waals surface area contributed by atoms with E-state index in [0.29, 0.717) is 6.04 Å². The molecule has 2 aromatic rings. The second-order valence-electron chi connectivity index (χ2n) is 5.29. The van der Waals surface area contributed by atoms with Crippen molar-refractivity contribution in [2.24, 2.45) is 0 Å². The van der Waals surface area contributed by atoms with Gasteiger partial charge in [-0.3, -0.25) is 9.88 Å². The van der Waals surface area contributed by atoms with E-state index in [1.807, 2.05) is 6.20 Å². The third kappa shape index (κ3) is 2.69. The molecule has 19 heavy (non-hydrogen) atoms. The lowest BCUT2D eigenvalue weighted by molar-refractivity contribution is 0.247. The van der Waals surface area contributed by atoms with E-state index >= 15 is 0 Å². The molecule has 0 bridgehead atoms. The first-order valence-corrected chi connectivity index (χ1v) is 7.04. The molecule has 0 unspecified atom stereocenters. The van der Waals surface area contributed by atoms with Gasteiger partial charge in [-0.15, -0.1) is 0 Å². The van der Waals surface area contributed by atoms with Gasteiger partial charge in [-0.25, -0.2) is 0 Å². The molecule has 0 radical (unpaired) electrons. The van der Waals surface area contributed by atoms with E-state index in [1.54, 1.807) is 0 Å². The van der Waals surface area contributed by atoms with Gasteiger partial charge in [-0.1, -0.05) is 36.4 Å². The first-order chi connectivity index (χ1) is 9.34. The fourth-order valence-corrected chi connectivity index (χ4v) is 3.03. The SMILES string of the molecule is Cc1ncccc1[C@@H]1CCCN1Cc1ccccc1. The quantitative estimate of drug-likeness (QED) is 0.827. The molecule has 1 aromatic carbocycles. The Hall–Kier alpha value is -1.67. The van der Waals surface area contributed by atoms with Gasteiger partial charge in [0.25, 0.3) is 0 Å². The molecule has 0 spiro atoms. The molecular formula is C17H20N2. The maximum atomic E-state index is 4.44. The molecular weight excluding hydrogens is 232 g/mol. The Morgan fingerprint density at radius 1 is 1.16 bits per heavy atom. The minimum Gasteiger partial charge on any atom is -0.292 e. The molecule has 2 heteroatoms. The van der Waals surface area contributed by atoms with Crippen LogP contribution in [0.4, 0.5) is 0 Å².